The molecule has 114 valence electrons. The summed E-state index contributed by atoms with van der Waals surface area (Å²) in [6.07, 6.45) is 2.06. The minimum atomic E-state index is 0.909. The molecule has 0 atom stereocenters. The highest BCUT2D eigenvalue weighted by Gasteiger charge is 2.12. The summed E-state index contributed by atoms with van der Waals surface area (Å²) in [5.41, 5.74) is 2.44. The normalized spacial score (nSPS) is 11.3. The summed E-state index contributed by atoms with van der Waals surface area (Å²) in [4.78, 5) is 8.00. The molecule has 2 aromatic carbocycles. The Bertz CT molecular complexity index is 780. The summed E-state index contributed by atoms with van der Waals surface area (Å²) < 4.78 is 5.52. The molecule has 0 spiro atoms. The van der Waals surface area contributed by atoms with Crippen LogP contribution in [0.2, 0.25) is 0 Å². The van der Waals surface area contributed by atoms with Gasteiger partial charge in [0.05, 0.1) is 18.0 Å². The van der Waals surface area contributed by atoms with Gasteiger partial charge in [0.2, 0.25) is 0 Å². The lowest BCUT2D eigenvalue weighted by atomic mass is 10.2. The fraction of sp³-hybridized carbons (Fsp3) is 0.222. The van der Waals surface area contributed by atoms with E-state index in [2.05, 4.69) is 60.5 Å². The van der Waals surface area contributed by atoms with Gasteiger partial charge < -0.3 is 14.6 Å². The fourth-order valence-electron chi connectivity index (χ4n) is 2.56. The molecule has 0 unspecified atom stereocenters. The van der Waals surface area contributed by atoms with E-state index in [9.17, 15) is 0 Å². The molecule has 4 heteroatoms. The molecule has 0 aliphatic rings. The minimum absolute atomic E-state index is 0.909. The van der Waals surface area contributed by atoms with Crippen LogP contribution in [-0.4, -0.2) is 31.1 Å². The van der Waals surface area contributed by atoms with Crippen molar-refractivity contribution in [1.29, 1.82) is 0 Å². The first-order chi connectivity index (χ1) is 10.7. The number of aromatic amines is 1. The van der Waals surface area contributed by atoms with Crippen molar-refractivity contribution in [1.82, 2.24) is 9.88 Å². The van der Waals surface area contributed by atoms with Crippen molar-refractivity contribution in [2.24, 2.45) is 0 Å². The van der Waals surface area contributed by atoms with Crippen LogP contribution >= 0.6 is 11.8 Å². The van der Waals surface area contributed by atoms with Crippen LogP contribution in [-0.2, 0) is 6.54 Å². The van der Waals surface area contributed by atoms with Gasteiger partial charge in [-0.05, 0) is 37.9 Å². The topological polar surface area (TPSA) is 28.3 Å². The molecule has 0 radical (unpaired) electrons. The molecule has 0 saturated heterocycles. The predicted molar refractivity (Wildman–Crippen MR) is 92.8 cm³/mol. The standard InChI is InChI=1S/C18H20N2OS/c1-20(2)12-13-7-4-5-10-16(13)22-17-11-19-14-8-6-9-15(21-3)18(14)17/h4-11,19H,12H2,1-3H3. The zero-order valence-corrected chi connectivity index (χ0v) is 13.9. The average Bonchev–Trinajstić information content (AvgIpc) is 2.92. The monoisotopic (exact) mass is 312 g/mol. The van der Waals surface area contributed by atoms with E-state index in [0.29, 0.717) is 0 Å². The number of rotatable bonds is 5. The number of benzene rings is 2. The highest BCUT2D eigenvalue weighted by atomic mass is 32.2. The maximum Gasteiger partial charge on any atom is 0.129 e. The number of fused-ring (bicyclic) bond motifs is 1. The Hall–Kier alpha value is -1.91. The molecule has 0 aliphatic heterocycles. The number of H-pyrrole nitrogens is 1. The third-order valence-electron chi connectivity index (χ3n) is 3.53. The molecule has 0 bridgehead atoms. The van der Waals surface area contributed by atoms with Crippen LogP contribution < -0.4 is 4.74 Å². The molecule has 0 fully saturated rings. The summed E-state index contributed by atoms with van der Waals surface area (Å²) in [7, 11) is 5.91. The molecule has 3 nitrogen and oxygen atoms in total. The number of nitrogens with zero attached hydrogens (tertiary/aromatic N) is 1. The Morgan fingerprint density at radius 2 is 1.86 bits per heavy atom. The number of nitrogens with one attached hydrogen (secondary N) is 1. The van der Waals surface area contributed by atoms with Crippen LogP contribution in [0.5, 0.6) is 5.75 Å². The van der Waals surface area contributed by atoms with Crippen molar-refractivity contribution in [2.75, 3.05) is 21.2 Å². The molecule has 1 N–H and O–H groups in total. The van der Waals surface area contributed by atoms with Crippen molar-refractivity contribution in [3.8, 4) is 5.75 Å². The van der Waals surface area contributed by atoms with Crippen LogP contribution in [0.4, 0.5) is 0 Å². The first-order valence-electron chi connectivity index (χ1n) is 7.23. The molecule has 0 aliphatic carbocycles. The number of aromatic nitrogens is 1. The van der Waals surface area contributed by atoms with E-state index in [1.165, 1.54) is 15.4 Å². The van der Waals surface area contributed by atoms with E-state index in [0.717, 1.165) is 23.2 Å². The first-order valence-corrected chi connectivity index (χ1v) is 8.05. The average molecular weight is 312 g/mol. The Morgan fingerprint density at radius 1 is 1.05 bits per heavy atom. The molecular formula is C18H20N2OS. The third-order valence-corrected chi connectivity index (χ3v) is 4.69. The Balaban J connectivity index is 2.01. The Labute approximate surface area is 135 Å². The molecule has 3 aromatic rings. The first kappa shape index (κ1) is 15.0. The highest BCUT2D eigenvalue weighted by Crippen LogP contribution is 2.39. The van der Waals surface area contributed by atoms with Crippen LogP contribution in [0.3, 0.4) is 0 Å². The van der Waals surface area contributed by atoms with Gasteiger partial charge in [-0.25, -0.2) is 0 Å². The maximum atomic E-state index is 5.52. The van der Waals surface area contributed by atoms with E-state index in [-0.39, 0.29) is 0 Å². The van der Waals surface area contributed by atoms with Crippen molar-refractivity contribution < 1.29 is 4.74 Å². The van der Waals surface area contributed by atoms with E-state index in [1.54, 1.807) is 18.9 Å². The quantitative estimate of drug-likeness (QED) is 0.757. The second-order valence-corrected chi connectivity index (χ2v) is 6.57. The molecule has 1 aromatic heterocycles. The van der Waals surface area contributed by atoms with Crippen molar-refractivity contribution in [3.05, 3.63) is 54.2 Å². The smallest absolute Gasteiger partial charge is 0.129 e. The lowest BCUT2D eigenvalue weighted by Crippen LogP contribution is -2.11. The van der Waals surface area contributed by atoms with Crippen molar-refractivity contribution >= 4 is 22.7 Å². The van der Waals surface area contributed by atoms with E-state index in [4.69, 9.17) is 4.74 Å². The van der Waals surface area contributed by atoms with Gasteiger partial charge in [-0.2, -0.15) is 0 Å². The largest absolute Gasteiger partial charge is 0.496 e. The van der Waals surface area contributed by atoms with Gasteiger partial charge in [0, 0.05) is 22.5 Å². The summed E-state index contributed by atoms with van der Waals surface area (Å²) in [5, 5.41) is 1.15. The molecule has 1 heterocycles. The second-order valence-electron chi connectivity index (χ2n) is 5.48. The SMILES string of the molecule is COc1cccc2[nH]cc(Sc3ccccc3CN(C)C)c12. The van der Waals surface area contributed by atoms with Gasteiger partial charge in [0.15, 0.2) is 0 Å². The second kappa shape index (κ2) is 6.46. The molecule has 22 heavy (non-hydrogen) atoms. The lowest BCUT2D eigenvalue weighted by Gasteiger charge is -2.13. The summed E-state index contributed by atoms with van der Waals surface area (Å²) in [6.45, 7) is 0.933. The summed E-state index contributed by atoms with van der Waals surface area (Å²) >= 11 is 1.78. The highest BCUT2D eigenvalue weighted by molar-refractivity contribution is 7.99. The zero-order valence-electron chi connectivity index (χ0n) is 13.1. The number of hydrogen-bond donors (Lipinski definition) is 1. The van der Waals surface area contributed by atoms with Gasteiger partial charge in [-0.1, -0.05) is 36.0 Å². The summed E-state index contributed by atoms with van der Waals surface area (Å²) in [6, 6.07) is 14.6. The number of ether oxygens (including phenoxy) is 1. The summed E-state index contributed by atoms with van der Waals surface area (Å²) in [5.74, 6) is 0.909. The van der Waals surface area contributed by atoms with Gasteiger partial charge in [0.25, 0.3) is 0 Å². The van der Waals surface area contributed by atoms with Gasteiger partial charge in [-0.15, -0.1) is 0 Å². The lowest BCUT2D eigenvalue weighted by molar-refractivity contribution is 0.399. The van der Waals surface area contributed by atoms with Gasteiger partial charge in [0.1, 0.15) is 5.75 Å². The number of methoxy groups -OCH3 is 1. The van der Waals surface area contributed by atoms with Gasteiger partial charge in [-0.3, -0.25) is 0 Å². The molecule has 3 rings (SSSR count). The maximum absolute atomic E-state index is 5.52. The fourth-order valence-corrected chi connectivity index (χ4v) is 3.64. The van der Waals surface area contributed by atoms with Crippen LogP contribution in [0.1, 0.15) is 5.56 Å². The van der Waals surface area contributed by atoms with E-state index < -0.39 is 0 Å². The predicted octanol–water partition coefficient (Wildman–Crippen LogP) is 4.39. The molecule has 0 amide bonds. The van der Waals surface area contributed by atoms with Crippen molar-refractivity contribution in [3.63, 3.8) is 0 Å². The third kappa shape index (κ3) is 2.98. The van der Waals surface area contributed by atoms with Crippen molar-refractivity contribution in [2.45, 2.75) is 16.3 Å². The Kier molecular flexibility index (Phi) is 4.41. The van der Waals surface area contributed by atoms with E-state index in [1.807, 2.05) is 12.1 Å². The van der Waals surface area contributed by atoms with Crippen LogP contribution in [0.25, 0.3) is 10.9 Å². The minimum Gasteiger partial charge on any atom is -0.496 e. The zero-order chi connectivity index (χ0) is 15.5. The molecule has 0 saturated carbocycles. The Morgan fingerprint density at radius 3 is 2.64 bits per heavy atom. The van der Waals surface area contributed by atoms with Crippen LogP contribution in [0, 0.1) is 0 Å². The van der Waals surface area contributed by atoms with Gasteiger partial charge >= 0.3 is 0 Å². The van der Waals surface area contributed by atoms with E-state index >= 15 is 0 Å². The number of hydrogen-bond acceptors (Lipinski definition) is 3. The molecular weight excluding hydrogens is 292 g/mol. The van der Waals surface area contributed by atoms with Crippen LogP contribution in [0.15, 0.2) is 58.5 Å².